The standard InChI is InChI=1S/C18H27N5/c1-2-8-20-15(4-1)13-23-17(12-14-6-10-19-11-7-14)22-16-5-3-9-21-18(16)23/h3,5,9,14-15,19-20H,1-2,4,6-8,10-13H2. The summed E-state index contributed by atoms with van der Waals surface area (Å²) in [4.78, 5) is 9.55. The Morgan fingerprint density at radius 1 is 1.13 bits per heavy atom. The van der Waals surface area contributed by atoms with Crippen molar-refractivity contribution >= 4 is 11.2 Å². The van der Waals surface area contributed by atoms with Gasteiger partial charge in [-0.25, -0.2) is 9.97 Å². The molecule has 2 aliphatic rings. The highest BCUT2D eigenvalue weighted by Gasteiger charge is 2.21. The summed E-state index contributed by atoms with van der Waals surface area (Å²) in [6, 6.07) is 4.65. The molecule has 4 rings (SSSR count). The van der Waals surface area contributed by atoms with Crippen LogP contribution < -0.4 is 10.6 Å². The Kier molecular flexibility index (Phi) is 4.57. The van der Waals surface area contributed by atoms with E-state index < -0.39 is 0 Å². The van der Waals surface area contributed by atoms with Gasteiger partial charge >= 0.3 is 0 Å². The minimum atomic E-state index is 0.565. The first kappa shape index (κ1) is 15.1. The molecule has 0 aliphatic carbocycles. The van der Waals surface area contributed by atoms with Gasteiger partial charge in [0, 0.05) is 25.2 Å². The Morgan fingerprint density at radius 3 is 2.87 bits per heavy atom. The molecule has 23 heavy (non-hydrogen) atoms. The van der Waals surface area contributed by atoms with E-state index in [4.69, 9.17) is 4.98 Å². The van der Waals surface area contributed by atoms with E-state index in [2.05, 4.69) is 26.3 Å². The van der Waals surface area contributed by atoms with Gasteiger partial charge in [-0.2, -0.15) is 0 Å². The van der Waals surface area contributed by atoms with E-state index in [1.165, 1.54) is 37.9 Å². The maximum Gasteiger partial charge on any atom is 0.160 e. The first-order valence-corrected chi connectivity index (χ1v) is 9.14. The molecule has 5 nitrogen and oxygen atoms in total. The quantitative estimate of drug-likeness (QED) is 0.908. The van der Waals surface area contributed by atoms with Crippen molar-refractivity contribution in [3.05, 3.63) is 24.2 Å². The van der Waals surface area contributed by atoms with Crippen LogP contribution in [0.4, 0.5) is 0 Å². The van der Waals surface area contributed by atoms with Crippen molar-refractivity contribution in [1.82, 2.24) is 25.2 Å². The molecule has 5 heteroatoms. The van der Waals surface area contributed by atoms with E-state index >= 15 is 0 Å². The summed E-state index contributed by atoms with van der Waals surface area (Å²) in [5.74, 6) is 1.99. The smallest absolute Gasteiger partial charge is 0.160 e. The Morgan fingerprint density at radius 2 is 2.04 bits per heavy atom. The van der Waals surface area contributed by atoms with Crippen LogP contribution in [0.1, 0.15) is 37.9 Å². The van der Waals surface area contributed by atoms with Gasteiger partial charge in [-0.3, -0.25) is 0 Å². The average molecular weight is 313 g/mol. The Balaban J connectivity index is 1.60. The topological polar surface area (TPSA) is 54.8 Å². The van der Waals surface area contributed by atoms with Gasteiger partial charge in [0.1, 0.15) is 11.3 Å². The summed E-state index contributed by atoms with van der Waals surface area (Å²) in [5, 5.41) is 7.12. The van der Waals surface area contributed by atoms with E-state index in [-0.39, 0.29) is 0 Å². The van der Waals surface area contributed by atoms with Gasteiger partial charge in [-0.15, -0.1) is 0 Å². The van der Waals surface area contributed by atoms with Crippen LogP contribution in [0.15, 0.2) is 18.3 Å². The van der Waals surface area contributed by atoms with Crippen molar-refractivity contribution < 1.29 is 0 Å². The second-order valence-corrected chi connectivity index (χ2v) is 7.03. The summed E-state index contributed by atoms with van der Waals surface area (Å²) in [7, 11) is 0. The van der Waals surface area contributed by atoms with Gasteiger partial charge in [0.25, 0.3) is 0 Å². The van der Waals surface area contributed by atoms with Crippen LogP contribution in [0.5, 0.6) is 0 Å². The zero-order valence-electron chi connectivity index (χ0n) is 13.8. The Bertz CT molecular complexity index is 638. The Hall–Kier alpha value is -1.46. The van der Waals surface area contributed by atoms with E-state index in [1.807, 2.05) is 12.3 Å². The molecular formula is C18H27N5. The van der Waals surface area contributed by atoms with Crippen LogP contribution in [0, 0.1) is 5.92 Å². The number of nitrogens with zero attached hydrogens (tertiary/aromatic N) is 3. The van der Waals surface area contributed by atoms with Crippen LogP contribution in [-0.4, -0.2) is 40.2 Å². The number of pyridine rings is 1. The lowest BCUT2D eigenvalue weighted by Gasteiger charge is -2.26. The van der Waals surface area contributed by atoms with Crippen LogP contribution in [0.2, 0.25) is 0 Å². The second kappa shape index (κ2) is 6.97. The van der Waals surface area contributed by atoms with Gasteiger partial charge in [0.2, 0.25) is 0 Å². The number of aromatic nitrogens is 3. The molecule has 0 amide bonds. The van der Waals surface area contributed by atoms with Crippen molar-refractivity contribution in [2.45, 2.75) is 51.1 Å². The van der Waals surface area contributed by atoms with E-state index in [0.29, 0.717) is 6.04 Å². The largest absolute Gasteiger partial charge is 0.317 e. The zero-order valence-corrected chi connectivity index (χ0v) is 13.8. The van der Waals surface area contributed by atoms with Crippen LogP contribution in [0.25, 0.3) is 11.2 Å². The average Bonchev–Trinajstić information content (AvgIpc) is 2.94. The highest BCUT2D eigenvalue weighted by molar-refractivity contribution is 5.71. The fourth-order valence-corrected chi connectivity index (χ4v) is 4.00. The molecule has 1 atom stereocenters. The summed E-state index contributed by atoms with van der Waals surface area (Å²) in [5.41, 5.74) is 2.11. The molecule has 2 N–H and O–H groups in total. The minimum absolute atomic E-state index is 0.565. The fourth-order valence-electron chi connectivity index (χ4n) is 4.00. The molecule has 2 aromatic rings. The predicted octanol–water partition coefficient (Wildman–Crippen LogP) is 2.12. The van der Waals surface area contributed by atoms with Crippen molar-refractivity contribution in [1.29, 1.82) is 0 Å². The number of hydrogen-bond donors (Lipinski definition) is 2. The SMILES string of the molecule is c1cnc2c(c1)nc(CC1CCNCC1)n2CC1CCCCN1. The number of hydrogen-bond acceptors (Lipinski definition) is 4. The molecule has 0 saturated carbocycles. The summed E-state index contributed by atoms with van der Waals surface area (Å²) in [6.45, 7) is 4.45. The summed E-state index contributed by atoms with van der Waals surface area (Å²) in [6.07, 6.45) is 9.41. The lowest BCUT2D eigenvalue weighted by Crippen LogP contribution is -2.38. The van der Waals surface area contributed by atoms with Gasteiger partial charge in [-0.1, -0.05) is 6.42 Å². The van der Waals surface area contributed by atoms with Crippen LogP contribution >= 0.6 is 0 Å². The third-order valence-corrected chi connectivity index (χ3v) is 5.33. The van der Waals surface area contributed by atoms with Gasteiger partial charge < -0.3 is 15.2 Å². The molecule has 1 unspecified atom stereocenters. The number of nitrogens with one attached hydrogen (secondary N) is 2. The molecule has 4 heterocycles. The minimum Gasteiger partial charge on any atom is -0.317 e. The molecule has 2 saturated heterocycles. The van der Waals surface area contributed by atoms with Crippen LogP contribution in [0.3, 0.4) is 0 Å². The van der Waals surface area contributed by atoms with Crippen LogP contribution in [-0.2, 0) is 13.0 Å². The molecule has 0 bridgehead atoms. The normalized spacial score (nSPS) is 23.4. The maximum atomic E-state index is 4.92. The molecule has 2 aliphatic heterocycles. The number of piperidine rings is 2. The predicted molar refractivity (Wildman–Crippen MR) is 92.5 cm³/mol. The maximum absolute atomic E-state index is 4.92. The van der Waals surface area contributed by atoms with Gasteiger partial charge in [-0.05, 0) is 63.4 Å². The lowest BCUT2D eigenvalue weighted by molar-refractivity contribution is 0.343. The van der Waals surface area contributed by atoms with Gasteiger partial charge in [0.05, 0.1) is 0 Å². The second-order valence-electron chi connectivity index (χ2n) is 7.03. The lowest BCUT2D eigenvalue weighted by atomic mass is 9.94. The monoisotopic (exact) mass is 313 g/mol. The number of rotatable bonds is 4. The fraction of sp³-hybridized carbons (Fsp3) is 0.667. The van der Waals surface area contributed by atoms with Gasteiger partial charge in [0.15, 0.2) is 5.65 Å². The zero-order chi connectivity index (χ0) is 15.5. The van der Waals surface area contributed by atoms with E-state index in [9.17, 15) is 0 Å². The summed E-state index contributed by atoms with van der Waals surface area (Å²) < 4.78 is 2.39. The highest BCUT2D eigenvalue weighted by atomic mass is 15.1. The van der Waals surface area contributed by atoms with Crippen molar-refractivity contribution in [2.75, 3.05) is 19.6 Å². The molecule has 0 spiro atoms. The van der Waals surface area contributed by atoms with Crippen molar-refractivity contribution in [3.63, 3.8) is 0 Å². The first-order chi connectivity index (χ1) is 11.4. The molecule has 2 aromatic heterocycles. The molecule has 2 fully saturated rings. The van der Waals surface area contributed by atoms with Crippen molar-refractivity contribution in [2.24, 2.45) is 5.92 Å². The summed E-state index contributed by atoms with van der Waals surface area (Å²) >= 11 is 0. The van der Waals surface area contributed by atoms with E-state index in [0.717, 1.165) is 49.7 Å². The molecule has 0 radical (unpaired) electrons. The third kappa shape index (κ3) is 3.40. The Labute approximate surface area is 137 Å². The molecule has 124 valence electrons. The molecule has 0 aromatic carbocycles. The van der Waals surface area contributed by atoms with E-state index in [1.54, 1.807) is 0 Å². The first-order valence-electron chi connectivity index (χ1n) is 9.14. The molecular weight excluding hydrogens is 286 g/mol. The van der Waals surface area contributed by atoms with Crippen molar-refractivity contribution in [3.8, 4) is 0 Å². The number of fused-ring (bicyclic) bond motifs is 1. The highest BCUT2D eigenvalue weighted by Crippen LogP contribution is 2.22. The third-order valence-electron chi connectivity index (χ3n) is 5.33. The number of imidazole rings is 1.